The Morgan fingerprint density at radius 3 is 1.29 bits per heavy atom. The lowest BCUT2D eigenvalue weighted by Gasteiger charge is -2.09. The molecule has 4 amide bonds. The lowest BCUT2D eigenvalue weighted by molar-refractivity contribution is -0.137. The number of alkyl halides is 1. The molecule has 0 aliphatic carbocycles. The van der Waals surface area contributed by atoms with Crippen LogP contribution in [0.1, 0.15) is 27.7 Å². The predicted octanol–water partition coefficient (Wildman–Crippen LogP) is -0.456. The normalized spacial score (nSPS) is 21.4. The standard InChI is InChI=1S/C6H10N2O2.C5H8N2O2.CH3Cl/c1-6(2)4(9)7-8(3)5(6)10;1-5(2)3(8)6-7-4(5)9;1-2/h1-3H3,(H,7,9);1-2H3,(H,6,8)(H,7,9);1H3. The van der Waals surface area contributed by atoms with Crippen LogP contribution in [0.4, 0.5) is 0 Å². The van der Waals surface area contributed by atoms with Crippen molar-refractivity contribution in [2.24, 2.45) is 10.8 Å². The highest BCUT2D eigenvalue weighted by Gasteiger charge is 2.45. The first-order valence-corrected chi connectivity index (χ1v) is 6.84. The monoisotopic (exact) mass is 320 g/mol. The number of carbonyl (C=O) groups excluding carboxylic acids is 4. The van der Waals surface area contributed by atoms with Gasteiger partial charge in [-0.25, -0.2) is 0 Å². The Labute approximate surface area is 128 Å². The van der Waals surface area contributed by atoms with Gasteiger partial charge in [0.05, 0.1) is 0 Å². The van der Waals surface area contributed by atoms with Gasteiger partial charge in [-0.2, -0.15) is 0 Å². The van der Waals surface area contributed by atoms with Gasteiger partial charge >= 0.3 is 0 Å². The Kier molecular flexibility index (Phi) is 6.16. The average molecular weight is 321 g/mol. The zero-order valence-electron chi connectivity index (χ0n) is 13.0. The van der Waals surface area contributed by atoms with Gasteiger partial charge in [-0.3, -0.25) is 40.5 Å². The number of hydrazine groups is 2. The van der Waals surface area contributed by atoms with Crippen molar-refractivity contribution in [3.05, 3.63) is 0 Å². The summed E-state index contributed by atoms with van der Waals surface area (Å²) in [6, 6.07) is 0. The number of rotatable bonds is 0. The third-order valence-corrected chi connectivity index (χ3v) is 3.10. The van der Waals surface area contributed by atoms with Crippen LogP contribution in [0, 0.1) is 10.8 Å². The van der Waals surface area contributed by atoms with Gasteiger partial charge < -0.3 is 0 Å². The molecule has 0 radical (unpaired) electrons. The Balaban J connectivity index is 0.000000342. The van der Waals surface area contributed by atoms with E-state index in [9.17, 15) is 19.2 Å². The molecule has 2 rings (SSSR count). The van der Waals surface area contributed by atoms with E-state index in [-0.39, 0.29) is 23.6 Å². The molecule has 2 heterocycles. The molecule has 9 heteroatoms. The number of hydrogen-bond acceptors (Lipinski definition) is 4. The Morgan fingerprint density at radius 1 is 0.810 bits per heavy atom. The summed E-state index contributed by atoms with van der Waals surface area (Å²) in [4.78, 5) is 43.4. The topological polar surface area (TPSA) is 108 Å². The van der Waals surface area contributed by atoms with E-state index in [2.05, 4.69) is 27.9 Å². The summed E-state index contributed by atoms with van der Waals surface area (Å²) < 4.78 is 0. The first-order valence-electron chi connectivity index (χ1n) is 6.09. The summed E-state index contributed by atoms with van der Waals surface area (Å²) in [5, 5.41) is 1.21. The van der Waals surface area contributed by atoms with Gasteiger partial charge in [-0.1, -0.05) is 0 Å². The van der Waals surface area contributed by atoms with Crippen LogP contribution in [-0.4, -0.2) is 42.1 Å². The Morgan fingerprint density at radius 2 is 1.19 bits per heavy atom. The van der Waals surface area contributed by atoms with Gasteiger partial charge in [-0.05, 0) is 27.7 Å². The molecule has 0 aromatic rings. The van der Waals surface area contributed by atoms with Gasteiger partial charge in [0.2, 0.25) is 0 Å². The highest BCUT2D eigenvalue weighted by molar-refractivity contribution is 6.15. The molecule has 21 heavy (non-hydrogen) atoms. The SMILES string of the molecule is CC1(C)C(=O)NNC1=O.CCl.CN1NC(=O)C(C)(C)C1=O. The minimum absolute atomic E-state index is 0.183. The number of halogens is 1. The van der Waals surface area contributed by atoms with Crippen molar-refractivity contribution in [3.8, 4) is 0 Å². The van der Waals surface area contributed by atoms with Crippen LogP contribution in [0.15, 0.2) is 0 Å². The molecule has 2 aliphatic heterocycles. The summed E-state index contributed by atoms with van der Waals surface area (Å²) in [6.45, 7) is 6.36. The van der Waals surface area contributed by atoms with Crippen molar-refractivity contribution in [2.45, 2.75) is 27.7 Å². The molecule has 0 aromatic carbocycles. The maximum absolute atomic E-state index is 11.1. The molecule has 0 spiro atoms. The Bertz CT molecular complexity index is 444. The molecular formula is C12H21ClN4O4. The van der Waals surface area contributed by atoms with E-state index in [1.54, 1.807) is 27.7 Å². The van der Waals surface area contributed by atoms with E-state index in [1.807, 2.05) is 0 Å². The largest absolute Gasteiger partial charge is 0.272 e. The molecule has 2 aliphatic rings. The minimum Gasteiger partial charge on any atom is -0.272 e. The van der Waals surface area contributed by atoms with E-state index in [1.165, 1.54) is 18.4 Å². The van der Waals surface area contributed by atoms with Gasteiger partial charge in [0.15, 0.2) is 0 Å². The summed E-state index contributed by atoms with van der Waals surface area (Å²) in [7, 11) is 1.54. The maximum Gasteiger partial charge on any atom is 0.255 e. The second-order valence-corrected chi connectivity index (χ2v) is 5.46. The van der Waals surface area contributed by atoms with Crippen molar-refractivity contribution < 1.29 is 19.2 Å². The van der Waals surface area contributed by atoms with Crippen LogP contribution in [0.25, 0.3) is 0 Å². The molecule has 2 fully saturated rings. The van der Waals surface area contributed by atoms with Crippen LogP contribution in [-0.2, 0) is 19.2 Å². The molecule has 3 N–H and O–H groups in total. The zero-order chi connectivity index (χ0) is 17.0. The van der Waals surface area contributed by atoms with Crippen molar-refractivity contribution >= 4 is 35.2 Å². The lowest BCUT2D eigenvalue weighted by atomic mass is 9.93. The summed E-state index contributed by atoms with van der Waals surface area (Å²) in [5.41, 5.74) is 5.07. The van der Waals surface area contributed by atoms with Crippen molar-refractivity contribution in [2.75, 3.05) is 13.4 Å². The molecular weight excluding hydrogens is 300 g/mol. The summed E-state index contributed by atoms with van der Waals surface area (Å²) in [6.07, 6.45) is 1.47. The number of carbonyl (C=O) groups is 4. The maximum atomic E-state index is 11.1. The number of nitrogens with one attached hydrogen (secondary N) is 3. The second-order valence-electron chi connectivity index (χ2n) is 5.46. The molecule has 8 nitrogen and oxygen atoms in total. The Hall–Kier alpha value is -1.83. The quantitative estimate of drug-likeness (QED) is 0.415. The zero-order valence-corrected chi connectivity index (χ0v) is 13.7. The van der Waals surface area contributed by atoms with E-state index in [4.69, 9.17) is 0 Å². The van der Waals surface area contributed by atoms with Crippen molar-refractivity contribution in [1.82, 2.24) is 21.3 Å². The van der Waals surface area contributed by atoms with E-state index in [0.29, 0.717) is 0 Å². The summed E-state index contributed by atoms with van der Waals surface area (Å²) in [5.74, 6) is -0.961. The third kappa shape index (κ3) is 3.84. The lowest BCUT2D eigenvalue weighted by Crippen LogP contribution is -2.31. The first-order chi connectivity index (χ1) is 9.51. The van der Waals surface area contributed by atoms with Crippen molar-refractivity contribution in [1.29, 1.82) is 0 Å². The predicted molar refractivity (Wildman–Crippen MR) is 76.5 cm³/mol. The van der Waals surface area contributed by atoms with Gasteiger partial charge in [0.25, 0.3) is 23.6 Å². The van der Waals surface area contributed by atoms with Crippen molar-refractivity contribution in [3.63, 3.8) is 0 Å². The average Bonchev–Trinajstić information content (AvgIpc) is 2.75. The highest BCUT2D eigenvalue weighted by Crippen LogP contribution is 2.22. The molecule has 120 valence electrons. The molecule has 0 unspecified atom stereocenters. The highest BCUT2D eigenvalue weighted by atomic mass is 35.5. The van der Waals surface area contributed by atoms with E-state index in [0.717, 1.165) is 0 Å². The fourth-order valence-corrected chi connectivity index (χ4v) is 1.39. The van der Waals surface area contributed by atoms with Crippen LogP contribution in [0.5, 0.6) is 0 Å². The van der Waals surface area contributed by atoms with Gasteiger partial charge in [0.1, 0.15) is 10.8 Å². The van der Waals surface area contributed by atoms with Crippen LogP contribution >= 0.6 is 11.6 Å². The number of amides is 4. The van der Waals surface area contributed by atoms with E-state index < -0.39 is 10.8 Å². The van der Waals surface area contributed by atoms with Crippen LogP contribution in [0.3, 0.4) is 0 Å². The second kappa shape index (κ2) is 6.75. The van der Waals surface area contributed by atoms with Gasteiger partial charge in [0, 0.05) is 13.4 Å². The number of hydrogen-bond donors (Lipinski definition) is 3. The summed E-state index contributed by atoms with van der Waals surface area (Å²) >= 11 is 4.64. The van der Waals surface area contributed by atoms with Gasteiger partial charge in [-0.15, -0.1) is 11.6 Å². The fourth-order valence-electron chi connectivity index (χ4n) is 1.39. The van der Waals surface area contributed by atoms with Crippen LogP contribution in [0.2, 0.25) is 0 Å². The molecule has 0 bridgehead atoms. The fraction of sp³-hybridized carbons (Fsp3) is 0.667. The molecule has 0 aromatic heterocycles. The van der Waals surface area contributed by atoms with E-state index >= 15 is 0 Å². The molecule has 0 saturated carbocycles. The minimum atomic E-state index is -0.889. The first kappa shape index (κ1) is 19.2. The third-order valence-electron chi connectivity index (χ3n) is 3.10. The smallest absolute Gasteiger partial charge is 0.255 e. The van der Waals surface area contributed by atoms with Crippen LogP contribution < -0.4 is 16.3 Å². The molecule has 2 saturated heterocycles. The number of nitrogens with zero attached hydrogens (tertiary/aromatic N) is 1. The molecule has 0 atom stereocenters.